The van der Waals surface area contributed by atoms with Crippen LogP contribution in [0.1, 0.15) is 21.6 Å². The number of hydrogen-bond donors (Lipinski definition) is 0. The molecule has 3 aromatic rings. The maximum absolute atomic E-state index is 13.3. The summed E-state index contributed by atoms with van der Waals surface area (Å²) in [6.45, 7) is 1.73. The summed E-state index contributed by atoms with van der Waals surface area (Å²) in [4.78, 5) is 25.9. The van der Waals surface area contributed by atoms with Crippen molar-refractivity contribution in [1.29, 1.82) is 0 Å². The minimum absolute atomic E-state index is 0.227. The quantitative estimate of drug-likeness (QED) is 0.479. The van der Waals surface area contributed by atoms with E-state index in [2.05, 4.69) is 0 Å². The number of fused-ring (bicyclic) bond motifs is 1. The number of ether oxygens (including phenoxy) is 1. The monoisotopic (exact) mass is 449 g/mol. The molecule has 0 spiro atoms. The number of halogens is 1. The Bertz CT molecular complexity index is 1160. The number of rotatable bonds is 7. The van der Waals surface area contributed by atoms with Crippen LogP contribution >= 0.6 is 19.2 Å². The van der Waals surface area contributed by atoms with Gasteiger partial charge in [0.05, 0.1) is 12.6 Å². The van der Waals surface area contributed by atoms with Gasteiger partial charge in [-0.1, -0.05) is 11.6 Å². The number of carbonyl (C=O) groups excluding carboxylic acids is 2. The van der Waals surface area contributed by atoms with E-state index in [9.17, 15) is 14.2 Å². The average Bonchev–Trinajstić information content (AvgIpc) is 3.03. The van der Waals surface area contributed by atoms with Crippen molar-refractivity contribution in [2.24, 2.45) is 0 Å². The van der Waals surface area contributed by atoms with E-state index >= 15 is 0 Å². The van der Waals surface area contributed by atoms with Gasteiger partial charge in [-0.2, -0.15) is 0 Å². The van der Waals surface area contributed by atoms with E-state index in [-0.39, 0.29) is 12.3 Å². The molecule has 0 amide bonds. The SMILES string of the molecule is COc1ccc2c(c1)c(CC(=O)P(=O)(OC)OC)c(C)n2C(=O)c1ccc(Cl)cc1. The second-order valence-corrected chi connectivity index (χ2v) is 9.19. The van der Waals surface area contributed by atoms with E-state index < -0.39 is 13.1 Å². The van der Waals surface area contributed by atoms with Crippen molar-refractivity contribution in [3.05, 3.63) is 64.3 Å². The molecule has 0 fully saturated rings. The number of nitrogens with zero attached hydrogens (tertiary/aromatic N) is 1. The Morgan fingerprint density at radius 2 is 1.67 bits per heavy atom. The number of aromatic nitrogens is 1. The number of benzene rings is 2. The molecule has 0 saturated carbocycles. The van der Waals surface area contributed by atoms with E-state index in [1.807, 2.05) is 0 Å². The fourth-order valence-corrected chi connectivity index (χ4v) is 4.36. The first kappa shape index (κ1) is 22.2. The molecule has 30 heavy (non-hydrogen) atoms. The predicted octanol–water partition coefficient (Wildman–Crippen LogP) is 4.86. The smallest absolute Gasteiger partial charge is 0.396 e. The second-order valence-electron chi connectivity index (χ2n) is 6.53. The summed E-state index contributed by atoms with van der Waals surface area (Å²) in [5, 5.41) is 1.16. The number of methoxy groups -OCH3 is 1. The van der Waals surface area contributed by atoms with Gasteiger partial charge in [0.25, 0.3) is 5.91 Å². The van der Waals surface area contributed by atoms with Gasteiger partial charge in [-0.15, -0.1) is 0 Å². The molecule has 1 heterocycles. The zero-order valence-electron chi connectivity index (χ0n) is 17.0. The average molecular weight is 450 g/mol. The van der Waals surface area contributed by atoms with Gasteiger partial charge in [0.1, 0.15) is 5.75 Å². The fraction of sp³-hybridized carbons (Fsp3) is 0.238. The van der Waals surface area contributed by atoms with Crippen LogP contribution < -0.4 is 4.74 Å². The van der Waals surface area contributed by atoms with E-state index in [1.165, 1.54) is 11.7 Å². The van der Waals surface area contributed by atoms with Crippen molar-refractivity contribution in [3.63, 3.8) is 0 Å². The minimum atomic E-state index is -3.91. The topological polar surface area (TPSA) is 83.8 Å². The first-order valence-electron chi connectivity index (χ1n) is 8.98. The molecule has 158 valence electrons. The van der Waals surface area contributed by atoms with Crippen LogP contribution in [0.4, 0.5) is 0 Å². The molecule has 0 saturated heterocycles. The van der Waals surface area contributed by atoms with E-state index in [0.29, 0.717) is 38.5 Å². The third-order valence-electron chi connectivity index (χ3n) is 4.95. The summed E-state index contributed by atoms with van der Waals surface area (Å²) >= 11 is 5.93. The van der Waals surface area contributed by atoms with Gasteiger partial charge >= 0.3 is 7.60 Å². The van der Waals surface area contributed by atoms with Crippen LogP contribution in [-0.4, -0.2) is 37.3 Å². The van der Waals surface area contributed by atoms with Crippen molar-refractivity contribution in [3.8, 4) is 5.75 Å². The molecular formula is C21H21ClNO6P. The summed E-state index contributed by atoms with van der Waals surface area (Å²) in [5.74, 6) is 0.286. The molecule has 0 aliphatic heterocycles. The van der Waals surface area contributed by atoms with Crippen molar-refractivity contribution < 1.29 is 27.9 Å². The van der Waals surface area contributed by atoms with Crippen molar-refractivity contribution >= 4 is 41.5 Å². The molecule has 1 aromatic heterocycles. The molecule has 0 aliphatic carbocycles. The number of hydrogen-bond acceptors (Lipinski definition) is 6. The first-order valence-corrected chi connectivity index (χ1v) is 10.9. The zero-order chi connectivity index (χ0) is 22.1. The molecule has 0 radical (unpaired) electrons. The molecular weight excluding hydrogens is 429 g/mol. The third-order valence-corrected chi connectivity index (χ3v) is 6.93. The second kappa shape index (κ2) is 8.74. The van der Waals surface area contributed by atoms with Crippen LogP contribution in [0.2, 0.25) is 5.02 Å². The van der Waals surface area contributed by atoms with Gasteiger partial charge in [-0.25, -0.2) is 0 Å². The Balaban J connectivity index is 2.19. The van der Waals surface area contributed by atoms with Crippen LogP contribution in [-0.2, 0) is 24.8 Å². The molecule has 0 unspecified atom stereocenters. The largest absolute Gasteiger partial charge is 0.497 e. The Morgan fingerprint density at radius 3 is 2.23 bits per heavy atom. The van der Waals surface area contributed by atoms with Crippen LogP contribution in [0.15, 0.2) is 42.5 Å². The lowest BCUT2D eigenvalue weighted by atomic mass is 10.1. The molecule has 9 heteroatoms. The van der Waals surface area contributed by atoms with E-state index in [4.69, 9.17) is 25.4 Å². The molecule has 0 aliphatic rings. The standard InChI is InChI=1S/C21H21ClNO6P/c1-13-17(12-20(24)30(26,28-3)29-4)18-11-16(27-2)9-10-19(18)23(13)21(25)14-5-7-15(22)8-6-14/h5-11H,12H2,1-4H3. The van der Waals surface area contributed by atoms with Gasteiger partial charge in [0.15, 0.2) is 0 Å². The molecule has 0 atom stereocenters. The zero-order valence-corrected chi connectivity index (χ0v) is 18.6. The summed E-state index contributed by atoms with van der Waals surface area (Å²) < 4.78 is 29.0. The Hall–Kier alpha value is -2.44. The third kappa shape index (κ3) is 3.94. The van der Waals surface area contributed by atoms with Crippen molar-refractivity contribution in [1.82, 2.24) is 4.57 Å². The highest BCUT2D eigenvalue weighted by molar-refractivity contribution is 7.71. The predicted molar refractivity (Wildman–Crippen MR) is 115 cm³/mol. The molecule has 3 rings (SSSR count). The maximum atomic E-state index is 13.3. The molecule has 7 nitrogen and oxygen atoms in total. The lowest BCUT2D eigenvalue weighted by Gasteiger charge is -2.12. The van der Waals surface area contributed by atoms with Gasteiger partial charge in [0.2, 0.25) is 5.52 Å². The van der Waals surface area contributed by atoms with Crippen LogP contribution in [0.3, 0.4) is 0 Å². The van der Waals surface area contributed by atoms with Crippen LogP contribution in [0, 0.1) is 6.92 Å². The highest BCUT2D eigenvalue weighted by atomic mass is 35.5. The Morgan fingerprint density at radius 1 is 1.03 bits per heavy atom. The van der Waals surface area contributed by atoms with Gasteiger partial charge < -0.3 is 13.8 Å². The van der Waals surface area contributed by atoms with Gasteiger partial charge in [-0.05, 0) is 55.0 Å². The lowest BCUT2D eigenvalue weighted by molar-refractivity contribution is -0.113. The Kier molecular flexibility index (Phi) is 6.48. The van der Waals surface area contributed by atoms with E-state index in [0.717, 1.165) is 14.2 Å². The first-order chi connectivity index (χ1) is 14.3. The number of carbonyl (C=O) groups is 2. The summed E-state index contributed by atoms with van der Waals surface area (Å²) in [5.41, 5.74) is 1.43. The minimum Gasteiger partial charge on any atom is -0.497 e. The highest BCUT2D eigenvalue weighted by Gasteiger charge is 2.34. The van der Waals surface area contributed by atoms with Crippen LogP contribution in [0.25, 0.3) is 10.9 Å². The Labute approximate surface area is 179 Å². The lowest BCUT2D eigenvalue weighted by Crippen LogP contribution is -2.14. The van der Waals surface area contributed by atoms with Crippen LogP contribution in [0.5, 0.6) is 5.75 Å². The fourth-order valence-electron chi connectivity index (χ4n) is 3.32. The maximum Gasteiger partial charge on any atom is 0.396 e. The summed E-state index contributed by atoms with van der Waals surface area (Å²) in [7, 11) is -0.0685. The summed E-state index contributed by atoms with van der Waals surface area (Å²) in [6, 6.07) is 11.8. The van der Waals surface area contributed by atoms with Crippen molar-refractivity contribution in [2.45, 2.75) is 13.3 Å². The normalized spacial score (nSPS) is 11.6. The van der Waals surface area contributed by atoms with Gasteiger partial charge in [-0.3, -0.25) is 18.7 Å². The molecule has 0 bridgehead atoms. The van der Waals surface area contributed by atoms with Crippen molar-refractivity contribution in [2.75, 3.05) is 21.3 Å². The summed E-state index contributed by atoms with van der Waals surface area (Å²) in [6.07, 6.45) is -0.227. The molecule has 2 aromatic carbocycles. The van der Waals surface area contributed by atoms with Gasteiger partial charge in [0, 0.05) is 42.3 Å². The molecule has 0 N–H and O–H groups in total. The highest BCUT2D eigenvalue weighted by Crippen LogP contribution is 2.48. The van der Waals surface area contributed by atoms with E-state index in [1.54, 1.807) is 49.4 Å².